The molecule has 5 nitrogen and oxygen atoms in total. The topological polar surface area (TPSA) is 74.7 Å². The number of sulfonamides is 1. The quantitative estimate of drug-likeness (QED) is 0.870. The first-order valence-electron chi connectivity index (χ1n) is 7.61. The molecule has 0 atom stereocenters. The zero-order chi connectivity index (χ0) is 17.9. The maximum Gasteiger partial charge on any atom is 0.305 e. The van der Waals surface area contributed by atoms with Crippen LogP contribution >= 0.6 is 0 Å². The molecule has 24 heavy (non-hydrogen) atoms. The lowest BCUT2D eigenvalue weighted by atomic mass is 10.1. The maximum absolute atomic E-state index is 13.1. The normalized spacial score (nSPS) is 11.3. The van der Waals surface area contributed by atoms with E-state index in [4.69, 9.17) is 5.11 Å². The highest BCUT2D eigenvalue weighted by molar-refractivity contribution is 7.92. The monoisotopic (exact) mass is 347 g/mol. The second kappa shape index (κ2) is 7.05. The molecule has 2 rings (SSSR count). The predicted molar refractivity (Wildman–Crippen MR) is 93.9 cm³/mol. The van der Waals surface area contributed by atoms with Crippen LogP contribution in [-0.2, 0) is 14.8 Å². The molecule has 0 fully saturated rings. The van der Waals surface area contributed by atoms with Gasteiger partial charge in [-0.3, -0.25) is 9.10 Å². The molecule has 0 radical (unpaired) electrons. The van der Waals surface area contributed by atoms with E-state index in [0.29, 0.717) is 5.69 Å². The molecule has 6 heteroatoms. The smallest absolute Gasteiger partial charge is 0.305 e. The molecule has 1 N–H and O–H groups in total. The molecule has 0 aliphatic heterocycles. The standard InChI is InChI=1S/C18H21NO4S/c1-13-11-14(2)18(15(3)12-13)19(10-9-17(20)21)24(22,23)16-7-5-4-6-8-16/h4-8,11-12H,9-10H2,1-3H3,(H,20,21). The summed E-state index contributed by atoms with van der Waals surface area (Å²) in [5.41, 5.74) is 3.18. The zero-order valence-electron chi connectivity index (χ0n) is 14.0. The second-order valence-electron chi connectivity index (χ2n) is 5.78. The van der Waals surface area contributed by atoms with Crippen molar-refractivity contribution >= 4 is 21.7 Å². The van der Waals surface area contributed by atoms with Gasteiger partial charge in [-0.2, -0.15) is 0 Å². The molecule has 0 bridgehead atoms. The van der Waals surface area contributed by atoms with Gasteiger partial charge in [-0.25, -0.2) is 8.42 Å². The van der Waals surface area contributed by atoms with Gasteiger partial charge >= 0.3 is 5.97 Å². The minimum Gasteiger partial charge on any atom is -0.481 e. The fourth-order valence-electron chi connectivity index (χ4n) is 2.83. The van der Waals surface area contributed by atoms with Crippen LogP contribution in [0.25, 0.3) is 0 Å². The third-order valence-electron chi connectivity index (χ3n) is 3.74. The molecule has 2 aromatic rings. The Hall–Kier alpha value is -2.34. The van der Waals surface area contributed by atoms with Crippen LogP contribution in [0, 0.1) is 20.8 Å². The van der Waals surface area contributed by atoms with Crippen molar-refractivity contribution in [3.05, 3.63) is 59.2 Å². The van der Waals surface area contributed by atoms with Crippen molar-refractivity contribution in [3.8, 4) is 0 Å². The van der Waals surface area contributed by atoms with Crippen LogP contribution in [0.1, 0.15) is 23.1 Å². The highest BCUT2D eigenvalue weighted by Crippen LogP contribution is 2.31. The Morgan fingerprint density at radius 2 is 1.58 bits per heavy atom. The van der Waals surface area contributed by atoms with Crippen molar-refractivity contribution in [2.75, 3.05) is 10.8 Å². The van der Waals surface area contributed by atoms with Crippen molar-refractivity contribution in [2.24, 2.45) is 0 Å². The lowest BCUT2D eigenvalue weighted by Gasteiger charge is -2.27. The average molecular weight is 347 g/mol. The number of carbonyl (C=O) groups is 1. The van der Waals surface area contributed by atoms with E-state index >= 15 is 0 Å². The maximum atomic E-state index is 13.1. The molecule has 0 saturated carbocycles. The van der Waals surface area contributed by atoms with Gasteiger partial charge in [0.1, 0.15) is 0 Å². The van der Waals surface area contributed by atoms with Crippen molar-refractivity contribution in [3.63, 3.8) is 0 Å². The Balaban J connectivity index is 2.60. The fraction of sp³-hybridized carbons (Fsp3) is 0.278. The molecule has 0 unspecified atom stereocenters. The molecule has 2 aromatic carbocycles. The summed E-state index contributed by atoms with van der Waals surface area (Å²) in [6, 6.07) is 11.9. The highest BCUT2D eigenvalue weighted by atomic mass is 32.2. The Kier molecular flexibility index (Phi) is 5.29. The minimum absolute atomic E-state index is 0.114. The van der Waals surface area contributed by atoms with Crippen LogP contribution < -0.4 is 4.31 Å². The van der Waals surface area contributed by atoms with Crippen LogP contribution in [0.4, 0.5) is 5.69 Å². The Labute approximate surface area is 142 Å². The summed E-state index contributed by atoms with van der Waals surface area (Å²) in [6.07, 6.45) is -0.265. The van der Waals surface area contributed by atoms with Gasteiger partial charge in [0.25, 0.3) is 10.0 Å². The summed E-state index contributed by atoms with van der Waals surface area (Å²) in [6.45, 7) is 5.50. The Morgan fingerprint density at radius 3 is 2.08 bits per heavy atom. The third-order valence-corrected chi connectivity index (χ3v) is 5.56. The van der Waals surface area contributed by atoms with Gasteiger partial charge in [-0.05, 0) is 44.0 Å². The number of carboxylic acids is 1. The van der Waals surface area contributed by atoms with Gasteiger partial charge in [-0.1, -0.05) is 35.9 Å². The lowest BCUT2D eigenvalue weighted by Crippen LogP contribution is -2.34. The van der Waals surface area contributed by atoms with E-state index in [0.717, 1.165) is 16.7 Å². The zero-order valence-corrected chi connectivity index (χ0v) is 14.8. The SMILES string of the molecule is Cc1cc(C)c(N(CCC(=O)O)S(=O)(=O)c2ccccc2)c(C)c1. The third kappa shape index (κ3) is 3.76. The molecule has 0 heterocycles. The summed E-state index contributed by atoms with van der Waals surface area (Å²) in [4.78, 5) is 11.1. The van der Waals surface area contributed by atoms with Gasteiger partial charge < -0.3 is 5.11 Å². The predicted octanol–water partition coefficient (Wildman–Crippen LogP) is 3.28. The summed E-state index contributed by atoms with van der Waals surface area (Å²) in [5, 5.41) is 9.01. The van der Waals surface area contributed by atoms with E-state index in [1.165, 1.54) is 16.4 Å². The Bertz CT molecular complexity index is 822. The van der Waals surface area contributed by atoms with Crippen LogP contribution in [0.15, 0.2) is 47.4 Å². The first kappa shape index (κ1) is 18.0. The summed E-state index contributed by atoms with van der Waals surface area (Å²) in [5.74, 6) is -1.04. The van der Waals surface area contributed by atoms with Gasteiger partial charge in [0.15, 0.2) is 0 Å². The van der Waals surface area contributed by atoms with Crippen LogP contribution in [0.5, 0.6) is 0 Å². The van der Waals surface area contributed by atoms with E-state index in [1.807, 2.05) is 32.9 Å². The van der Waals surface area contributed by atoms with Crippen molar-refractivity contribution in [2.45, 2.75) is 32.1 Å². The van der Waals surface area contributed by atoms with E-state index in [1.54, 1.807) is 18.2 Å². The number of benzene rings is 2. The van der Waals surface area contributed by atoms with Crippen LogP contribution in [-0.4, -0.2) is 26.0 Å². The van der Waals surface area contributed by atoms with Crippen molar-refractivity contribution in [1.29, 1.82) is 0 Å². The molecular weight excluding hydrogens is 326 g/mol. The molecule has 128 valence electrons. The Morgan fingerprint density at radius 1 is 1.04 bits per heavy atom. The van der Waals surface area contributed by atoms with Crippen molar-refractivity contribution < 1.29 is 18.3 Å². The number of hydrogen-bond acceptors (Lipinski definition) is 3. The number of nitrogens with zero attached hydrogens (tertiary/aromatic N) is 1. The molecule has 0 aromatic heterocycles. The van der Waals surface area contributed by atoms with Crippen LogP contribution in [0.3, 0.4) is 0 Å². The molecular formula is C18H21NO4S. The summed E-state index contributed by atoms with van der Waals surface area (Å²) >= 11 is 0. The van der Waals surface area contributed by atoms with Gasteiger partial charge in [0, 0.05) is 6.54 Å². The summed E-state index contributed by atoms with van der Waals surface area (Å²) < 4.78 is 27.3. The van der Waals surface area contributed by atoms with E-state index in [9.17, 15) is 13.2 Å². The van der Waals surface area contributed by atoms with Crippen molar-refractivity contribution in [1.82, 2.24) is 0 Å². The van der Waals surface area contributed by atoms with Gasteiger partial charge in [0.2, 0.25) is 0 Å². The number of aryl methyl sites for hydroxylation is 3. The second-order valence-corrected chi connectivity index (χ2v) is 7.64. The first-order chi connectivity index (χ1) is 11.2. The number of aliphatic carboxylic acids is 1. The van der Waals surface area contributed by atoms with E-state index in [-0.39, 0.29) is 17.9 Å². The number of carboxylic acid groups (broad SMARTS) is 1. The number of hydrogen-bond donors (Lipinski definition) is 1. The van der Waals surface area contributed by atoms with Gasteiger partial charge in [0.05, 0.1) is 17.0 Å². The fourth-order valence-corrected chi connectivity index (χ4v) is 4.45. The van der Waals surface area contributed by atoms with Crippen LogP contribution in [0.2, 0.25) is 0 Å². The van der Waals surface area contributed by atoms with Gasteiger partial charge in [-0.15, -0.1) is 0 Å². The highest BCUT2D eigenvalue weighted by Gasteiger charge is 2.27. The molecule has 0 aliphatic carbocycles. The molecule has 0 spiro atoms. The molecule has 0 aliphatic rings. The van der Waals surface area contributed by atoms with E-state index < -0.39 is 16.0 Å². The summed E-state index contributed by atoms with van der Waals surface area (Å²) in [7, 11) is -3.84. The minimum atomic E-state index is -3.84. The largest absolute Gasteiger partial charge is 0.481 e. The molecule has 0 saturated heterocycles. The van der Waals surface area contributed by atoms with E-state index in [2.05, 4.69) is 0 Å². The number of anilines is 1. The lowest BCUT2D eigenvalue weighted by molar-refractivity contribution is -0.136. The molecule has 0 amide bonds. The first-order valence-corrected chi connectivity index (χ1v) is 9.05. The average Bonchev–Trinajstić information content (AvgIpc) is 2.50. The number of rotatable bonds is 6.